The zero-order chi connectivity index (χ0) is 15.7. The number of nitrogens with one attached hydrogen (secondary N) is 1. The highest BCUT2D eigenvalue weighted by Crippen LogP contribution is 2.22. The number of hydrogen-bond acceptors (Lipinski definition) is 4. The van der Waals surface area contributed by atoms with Crippen molar-refractivity contribution in [3.63, 3.8) is 0 Å². The molecule has 0 bridgehead atoms. The van der Waals surface area contributed by atoms with Gasteiger partial charge in [0.05, 0.1) is 28.2 Å². The molecule has 22 heavy (non-hydrogen) atoms. The normalized spacial score (nSPS) is 10.7. The summed E-state index contributed by atoms with van der Waals surface area (Å²) in [6.45, 7) is 5.45. The summed E-state index contributed by atoms with van der Waals surface area (Å²) < 4.78 is 0. The molecule has 1 amide bonds. The lowest BCUT2D eigenvalue weighted by Gasteiger charge is -2.11. The zero-order valence-corrected chi connectivity index (χ0v) is 12.7. The van der Waals surface area contributed by atoms with E-state index in [4.69, 9.17) is 0 Å². The van der Waals surface area contributed by atoms with Crippen molar-refractivity contribution in [2.75, 3.05) is 5.32 Å². The Balaban J connectivity index is 2.01. The summed E-state index contributed by atoms with van der Waals surface area (Å²) in [5.74, 6) is 0.450. The molecule has 0 aliphatic rings. The molecule has 1 N–H and O–H groups in total. The van der Waals surface area contributed by atoms with Crippen LogP contribution in [-0.2, 0) is 0 Å². The van der Waals surface area contributed by atoms with Gasteiger partial charge in [-0.15, -0.1) is 0 Å². The SMILES string of the molecule is Cc1nc(C)c(C(=O)Nc2cccc3cccnc23)c(C)n1. The minimum atomic E-state index is -0.215. The van der Waals surface area contributed by atoms with Crippen molar-refractivity contribution in [3.8, 4) is 0 Å². The molecule has 0 aliphatic carbocycles. The van der Waals surface area contributed by atoms with E-state index in [-0.39, 0.29) is 5.91 Å². The molecular weight excluding hydrogens is 276 g/mol. The number of carbonyl (C=O) groups is 1. The Morgan fingerprint density at radius 3 is 2.41 bits per heavy atom. The fourth-order valence-electron chi connectivity index (χ4n) is 2.60. The molecule has 0 atom stereocenters. The van der Waals surface area contributed by atoms with Crippen molar-refractivity contribution in [2.24, 2.45) is 0 Å². The average molecular weight is 292 g/mol. The average Bonchev–Trinajstić information content (AvgIpc) is 2.46. The van der Waals surface area contributed by atoms with Crippen molar-refractivity contribution < 1.29 is 4.79 Å². The predicted molar refractivity (Wildman–Crippen MR) is 85.9 cm³/mol. The molecule has 0 fully saturated rings. The van der Waals surface area contributed by atoms with Crippen LogP contribution in [0.2, 0.25) is 0 Å². The van der Waals surface area contributed by atoms with Gasteiger partial charge in [-0.1, -0.05) is 18.2 Å². The Labute approximate surface area is 128 Å². The van der Waals surface area contributed by atoms with Crippen LogP contribution < -0.4 is 5.32 Å². The Kier molecular flexibility index (Phi) is 3.55. The van der Waals surface area contributed by atoms with Crippen LogP contribution in [0.1, 0.15) is 27.6 Å². The van der Waals surface area contributed by atoms with Gasteiger partial charge in [0.25, 0.3) is 5.91 Å². The van der Waals surface area contributed by atoms with Crippen LogP contribution in [-0.4, -0.2) is 20.9 Å². The van der Waals surface area contributed by atoms with Gasteiger partial charge in [0.2, 0.25) is 0 Å². The maximum Gasteiger partial charge on any atom is 0.259 e. The van der Waals surface area contributed by atoms with E-state index in [1.54, 1.807) is 6.20 Å². The van der Waals surface area contributed by atoms with Crippen LogP contribution in [0.4, 0.5) is 5.69 Å². The van der Waals surface area contributed by atoms with Gasteiger partial charge >= 0.3 is 0 Å². The van der Waals surface area contributed by atoms with Gasteiger partial charge in [0, 0.05) is 11.6 Å². The van der Waals surface area contributed by atoms with Crippen LogP contribution >= 0.6 is 0 Å². The number of aromatic nitrogens is 3. The summed E-state index contributed by atoms with van der Waals surface area (Å²) in [5, 5.41) is 3.90. The molecule has 2 heterocycles. The third kappa shape index (κ3) is 2.53. The van der Waals surface area contributed by atoms with E-state index in [1.165, 1.54) is 0 Å². The second kappa shape index (κ2) is 5.52. The van der Waals surface area contributed by atoms with Gasteiger partial charge in [-0.3, -0.25) is 9.78 Å². The van der Waals surface area contributed by atoms with Gasteiger partial charge in [-0.05, 0) is 32.9 Å². The molecule has 5 nitrogen and oxygen atoms in total. The monoisotopic (exact) mass is 292 g/mol. The highest BCUT2D eigenvalue weighted by molar-refractivity contribution is 6.09. The summed E-state index contributed by atoms with van der Waals surface area (Å²) in [6.07, 6.45) is 1.71. The fourth-order valence-corrected chi connectivity index (χ4v) is 2.60. The molecule has 1 aromatic carbocycles. The molecule has 0 saturated carbocycles. The maximum atomic E-state index is 12.6. The Hall–Kier alpha value is -2.82. The molecule has 0 saturated heterocycles. The molecule has 3 rings (SSSR count). The smallest absolute Gasteiger partial charge is 0.259 e. The first-order chi connectivity index (χ1) is 10.6. The quantitative estimate of drug-likeness (QED) is 0.787. The number of nitrogens with zero attached hydrogens (tertiary/aromatic N) is 3. The maximum absolute atomic E-state index is 12.6. The minimum Gasteiger partial charge on any atom is -0.320 e. The first kappa shape index (κ1) is 14.1. The molecule has 110 valence electrons. The predicted octanol–water partition coefficient (Wildman–Crippen LogP) is 3.20. The van der Waals surface area contributed by atoms with Crippen molar-refractivity contribution >= 4 is 22.5 Å². The summed E-state index contributed by atoms with van der Waals surface area (Å²) in [4.78, 5) is 25.5. The van der Waals surface area contributed by atoms with Gasteiger partial charge in [-0.25, -0.2) is 9.97 Å². The third-order valence-corrected chi connectivity index (χ3v) is 3.49. The van der Waals surface area contributed by atoms with Gasteiger partial charge in [0.1, 0.15) is 5.82 Å². The fraction of sp³-hybridized carbons (Fsp3) is 0.176. The van der Waals surface area contributed by atoms with Crippen LogP contribution in [0.25, 0.3) is 10.9 Å². The minimum absolute atomic E-state index is 0.215. The highest BCUT2D eigenvalue weighted by Gasteiger charge is 2.16. The standard InChI is InChI=1S/C17H16N4O/c1-10-15(11(2)20-12(3)19-10)17(22)21-14-8-4-6-13-7-5-9-18-16(13)14/h4-9H,1-3H3,(H,21,22). The Bertz CT molecular complexity index is 845. The van der Waals surface area contributed by atoms with Crippen LogP contribution in [0.5, 0.6) is 0 Å². The number of rotatable bonds is 2. The van der Waals surface area contributed by atoms with Crippen LogP contribution in [0, 0.1) is 20.8 Å². The summed E-state index contributed by atoms with van der Waals surface area (Å²) in [7, 11) is 0. The largest absolute Gasteiger partial charge is 0.320 e. The van der Waals surface area contributed by atoms with E-state index in [0.29, 0.717) is 28.5 Å². The molecule has 0 aliphatic heterocycles. The van der Waals surface area contributed by atoms with E-state index in [1.807, 2.05) is 51.1 Å². The van der Waals surface area contributed by atoms with Crippen molar-refractivity contribution in [3.05, 3.63) is 59.3 Å². The lowest BCUT2D eigenvalue weighted by molar-refractivity contribution is 0.102. The van der Waals surface area contributed by atoms with E-state index < -0.39 is 0 Å². The number of pyridine rings is 1. The summed E-state index contributed by atoms with van der Waals surface area (Å²) in [6, 6.07) is 9.53. The first-order valence-corrected chi connectivity index (χ1v) is 7.03. The highest BCUT2D eigenvalue weighted by atomic mass is 16.1. The number of hydrogen-bond donors (Lipinski definition) is 1. The van der Waals surface area contributed by atoms with Crippen molar-refractivity contribution in [1.29, 1.82) is 0 Å². The second-order valence-corrected chi connectivity index (χ2v) is 5.15. The topological polar surface area (TPSA) is 67.8 Å². The Morgan fingerprint density at radius 2 is 1.68 bits per heavy atom. The number of carbonyl (C=O) groups excluding carboxylic acids is 1. The van der Waals surface area contributed by atoms with Gasteiger partial charge < -0.3 is 5.32 Å². The second-order valence-electron chi connectivity index (χ2n) is 5.15. The molecule has 2 aromatic heterocycles. The summed E-state index contributed by atoms with van der Waals surface area (Å²) in [5.41, 5.74) is 3.31. The molecule has 5 heteroatoms. The number of amides is 1. The molecular formula is C17H16N4O. The molecule has 0 spiro atoms. The lowest BCUT2D eigenvalue weighted by Crippen LogP contribution is -2.17. The number of aryl methyl sites for hydroxylation is 3. The van der Waals surface area contributed by atoms with E-state index >= 15 is 0 Å². The van der Waals surface area contributed by atoms with Gasteiger partial charge in [-0.2, -0.15) is 0 Å². The molecule has 0 radical (unpaired) electrons. The van der Waals surface area contributed by atoms with Crippen LogP contribution in [0.15, 0.2) is 36.5 Å². The van der Waals surface area contributed by atoms with Gasteiger partial charge in [0.15, 0.2) is 0 Å². The van der Waals surface area contributed by atoms with E-state index in [0.717, 1.165) is 10.9 Å². The lowest BCUT2D eigenvalue weighted by atomic mass is 10.1. The number of anilines is 1. The first-order valence-electron chi connectivity index (χ1n) is 7.03. The summed E-state index contributed by atoms with van der Waals surface area (Å²) >= 11 is 0. The number of para-hydroxylation sites is 1. The van der Waals surface area contributed by atoms with E-state index in [2.05, 4.69) is 20.3 Å². The zero-order valence-electron chi connectivity index (χ0n) is 12.7. The van der Waals surface area contributed by atoms with Crippen LogP contribution in [0.3, 0.4) is 0 Å². The van der Waals surface area contributed by atoms with Crippen molar-refractivity contribution in [2.45, 2.75) is 20.8 Å². The van der Waals surface area contributed by atoms with Crippen molar-refractivity contribution in [1.82, 2.24) is 15.0 Å². The molecule has 0 unspecified atom stereocenters. The number of fused-ring (bicyclic) bond motifs is 1. The van der Waals surface area contributed by atoms with E-state index in [9.17, 15) is 4.79 Å². The molecule has 3 aromatic rings. The Morgan fingerprint density at radius 1 is 1.00 bits per heavy atom. The third-order valence-electron chi connectivity index (χ3n) is 3.49. The number of benzene rings is 1.